The zero-order valence-corrected chi connectivity index (χ0v) is 19.1. The second-order valence-corrected chi connectivity index (χ2v) is 9.59. The molecule has 1 saturated heterocycles. The molecule has 2 amide bonds. The fraction of sp³-hybridized carbons (Fsp3) is 0.476. The molecule has 0 bridgehead atoms. The van der Waals surface area contributed by atoms with Gasteiger partial charge in [-0.15, -0.1) is 0 Å². The number of sulfonamides is 1. The highest BCUT2D eigenvalue weighted by atomic mass is 32.2. The van der Waals surface area contributed by atoms with Crippen molar-refractivity contribution < 1.29 is 22.7 Å². The van der Waals surface area contributed by atoms with Gasteiger partial charge in [0, 0.05) is 31.0 Å². The van der Waals surface area contributed by atoms with Crippen LogP contribution in [-0.4, -0.2) is 66.0 Å². The highest BCUT2D eigenvalue weighted by molar-refractivity contribution is 7.89. The van der Waals surface area contributed by atoms with Crippen LogP contribution in [0, 0.1) is 0 Å². The van der Waals surface area contributed by atoms with Gasteiger partial charge in [0.25, 0.3) is 0 Å². The standard InChI is InChI=1S/C21H29N5O5S/c1-3-14-32(29,30)25-11-8-16(9-12-25)22-21(28)23-17-6-5-7-18(15-17)26-13-10-19(24-26)20(27)31-4-2/h5-7,10,13,15-16H,3-4,8-9,11-12,14H2,1-2H3,(H2,22,23,28). The molecule has 0 saturated carbocycles. The number of amides is 2. The van der Waals surface area contributed by atoms with Crippen molar-refractivity contribution in [2.75, 3.05) is 30.8 Å². The lowest BCUT2D eigenvalue weighted by Crippen LogP contribution is -2.47. The van der Waals surface area contributed by atoms with Gasteiger partial charge in [-0.1, -0.05) is 13.0 Å². The maximum Gasteiger partial charge on any atom is 0.358 e. The molecule has 0 radical (unpaired) electrons. The summed E-state index contributed by atoms with van der Waals surface area (Å²) in [5, 5.41) is 9.92. The minimum absolute atomic E-state index is 0.0930. The summed E-state index contributed by atoms with van der Waals surface area (Å²) >= 11 is 0. The molecule has 1 aliphatic rings. The first-order valence-corrected chi connectivity index (χ1v) is 12.3. The van der Waals surface area contributed by atoms with Crippen molar-refractivity contribution in [3.05, 3.63) is 42.2 Å². The van der Waals surface area contributed by atoms with E-state index in [9.17, 15) is 18.0 Å². The maximum atomic E-state index is 12.4. The lowest BCUT2D eigenvalue weighted by atomic mass is 10.1. The summed E-state index contributed by atoms with van der Waals surface area (Å²) in [7, 11) is -3.20. The van der Waals surface area contributed by atoms with Crippen molar-refractivity contribution in [2.45, 2.75) is 39.2 Å². The summed E-state index contributed by atoms with van der Waals surface area (Å²) in [4.78, 5) is 24.2. The molecule has 2 aromatic rings. The lowest BCUT2D eigenvalue weighted by Gasteiger charge is -2.31. The Morgan fingerprint density at radius 3 is 2.62 bits per heavy atom. The number of ether oxygens (including phenoxy) is 1. The Hall–Kier alpha value is -2.92. The monoisotopic (exact) mass is 463 g/mol. The van der Waals surface area contributed by atoms with E-state index in [0.29, 0.717) is 43.7 Å². The first kappa shape index (κ1) is 23.7. The highest BCUT2D eigenvalue weighted by Gasteiger charge is 2.28. The molecule has 174 valence electrons. The van der Waals surface area contributed by atoms with E-state index in [0.717, 1.165) is 0 Å². The number of carbonyl (C=O) groups excluding carboxylic acids is 2. The molecule has 32 heavy (non-hydrogen) atoms. The minimum atomic E-state index is -3.20. The van der Waals surface area contributed by atoms with E-state index in [-0.39, 0.29) is 30.1 Å². The fourth-order valence-corrected chi connectivity index (χ4v) is 5.07. The van der Waals surface area contributed by atoms with Gasteiger partial charge in [-0.25, -0.2) is 27.0 Å². The number of anilines is 1. The molecule has 2 N–H and O–H groups in total. The van der Waals surface area contributed by atoms with Crippen molar-refractivity contribution in [1.82, 2.24) is 19.4 Å². The number of aromatic nitrogens is 2. The normalized spacial score (nSPS) is 15.3. The average Bonchev–Trinajstić information content (AvgIpc) is 3.25. The number of urea groups is 1. The molecule has 0 atom stereocenters. The van der Waals surface area contributed by atoms with Crippen LogP contribution in [0.15, 0.2) is 36.5 Å². The first-order chi connectivity index (χ1) is 15.3. The molecule has 0 aliphatic carbocycles. The number of nitrogens with one attached hydrogen (secondary N) is 2. The molecular weight excluding hydrogens is 434 g/mol. The summed E-state index contributed by atoms with van der Waals surface area (Å²) in [6.07, 6.45) is 3.37. The number of piperidine rings is 1. The topological polar surface area (TPSA) is 123 Å². The molecular formula is C21H29N5O5S. The summed E-state index contributed by atoms with van der Waals surface area (Å²) < 4.78 is 32.3. The van der Waals surface area contributed by atoms with Gasteiger partial charge >= 0.3 is 12.0 Å². The Kier molecular flexibility index (Phi) is 7.86. The number of rotatable bonds is 8. The van der Waals surface area contributed by atoms with Crippen molar-refractivity contribution in [3.8, 4) is 5.69 Å². The zero-order chi connectivity index (χ0) is 23.1. The van der Waals surface area contributed by atoms with Crippen molar-refractivity contribution in [3.63, 3.8) is 0 Å². The minimum Gasteiger partial charge on any atom is -0.461 e. The fourth-order valence-electron chi connectivity index (χ4n) is 3.53. The number of hydrogen-bond donors (Lipinski definition) is 2. The molecule has 1 aromatic heterocycles. The summed E-state index contributed by atoms with van der Waals surface area (Å²) in [6.45, 7) is 4.66. The van der Waals surface area contributed by atoms with Crippen LogP contribution in [0.2, 0.25) is 0 Å². The SMILES string of the molecule is CCCS(=O)(=O)N1CCC(NC(=O)Nc2cccc(-n3ccc(C(=O)OCC)n3)c2)CC1. The van der Waals surface area contributed by atoms with Crippen molar-refractivity contribution in [2.24, 2.45) is 0 Å². The molecule has 10 nitrogen and oxygen atoms in total. The number of esters is 1. The van der Waals surface area contributed by atoms with Crippen LogP contribution < -0.4 is 10.6 Å². The van der Waals surface area contributed by atoms with Crippen molar-refractivity contribution >= 4 is 27.7 Å². The van der Waals surface area contributed by atoms with Gasteiger partial charge in [0.05, 0.1) is 18.0 Å². The quantitative estimate of drug-likeness (QED) is 0.580. The van der Waals surface area contributed by atoms with E-state index in [1.54, 1.807) is 43.5 Å². The number of carbonyl (C=O) groups is 2. The molecule has 0 unspecified atom stereocenters. The Labute approximate surface area is 188 Å². The molecule has 11 heteroatoms. The van der Waals surface area contributed by atoms with Gasteiger partial charge in [0.15, 0.2) is 5.69 Å². The van der Waals surface area contributed by atoms with Crippen LogP contribution >= 0.6 is 0 Å². The largest absolute Gasteiger partial charge is 0.461 e. The van der Waals surface area contributed by atoms with E-state index in [4.69, 9.17) is 4.74 Å². The Bertz CT molecular complexity index is 1040. The van der Waals surface area contributed by atoms with E-state index in [1.807, 2.05) is 6.92 Å². The van der Waals surface area contributed by atoms with Crippen LogP contribution in [0.3, 0.4) is 0 Å². The molecule has 1 aromatic carbocycles. The molecule has 2 heterocycles. The third kappa shape index (κ3) is 6.07. The molecule has 0 spiro atoms. The Morgan fingerprint density at radius 1 is 1.19 bits per heavy atom. The van der Waals surface area contributed by atoms with E-state index in [2.05, 4.69) is 15.7 Å². The smallest absolute Gasteiger partial charge is 0.358 e. The van der Waals surface area contributed by atoms with Gasteiger partial charge in [-0.2, -0.15) is 5.10 Å². The van der Waals surface area contributed by atoms with Gasteiger partial charge < -0.3 is 15.4 Å². The molecule has 3 rings (SSSR count). The average molecular weight is 464 g/mol. The predicted molar refractivity (Wildman–Crippen MR) is 120 cm³/mol. The summed E-state index contributed by atoms with van der Waals surface area (Å²) in [5.41, 5.74) is 1.44. The third-order valence-corrected chi connectivity index (χ3v) is 7.16. The molecule has 1 aliphatic heterocycles. The maximum absolute atomic E-state index is 12.4. The zero-order valence-electron chi connectivity index (χ0n) is 18.3. The van der Waals surface area contributed by atoms with Gasteiger partial charge in [-0.3, -0.25) is 0 Å². The first-order valence-electron chi connectivity index (χ1n) is 10.7. The predicted octanol–water partition coefficient (Wildman–Crippen LogP) is 2.37. The van der Waals surface area contributed by atoms with Gasteiger partial charge in [-0.05, 0) is 50.5 Å². The number of benzene rings is 1. The van der Waals surface area contributed by atoms with Crippen LogP contribution in [0.4, 0.5) is 10.5 Å². The van der Waals surface area contributed by atoms with E-state index < -0.39 is 16.0 Å². The van der Waals surface area contributed by atoms with Crippen LogP contribution in [0.5, 0.6) is 0 Å². The van der Waals surface area contributed by atoms with E-state index >= 15 is 0 Å². The summed E-state index contributed by atoms with van der Waals surface area (Å²) in [5.74, 6) is -0.340. The number of nitrogens with zero attached hydrogens (tertiary/aromatic N) is 3. The second-order valence-electron chi connectivity index (χ2n) is 7.50. The Morgan fingerprint density at radius 2 is 1.94 bits per heavy atom. The molecule has 1 fully saturated rings. The van der Waals surface area contributed by atoms with Crippen LogP contribution in [0.1, 0.15) is 43.6 Å². The second kappa shape index (κ2) is 10.6. The van der Waals surface area contributed by atoms with Crippen LogP contribution in [-0.2, 0) is 14.8 Å². The van der Waals surface area contributed by atoms with Crippen LogP contribution in [0.25, 0.3) is 5.69 Å². The van der Waals surface area contributed by atoms with Gasteiger partial charge in [0.2, 0.25) is 10.0 Å². The van der Waals surface area contributed by atoms with Crippen molar-refractivity contribution in [1.29, 1.82) is 0 Å². The lowest BCUT2D eigenvalue weighted by molar-refractivity contribution is 0.0519. The number of hydrogen-bond acceptors (Lipinski definition) is 6. The highest BCUT2D eigenvalue weighted by Crippen LogP contribution is 2.17. The Balaban J connectivity index is 1.55. The van der Waals surface area contributed by atoms with E-state index in [1.165, 1.54) is 8.99 Å². The third-order valence-electron chi connectivity index (χ3n) is 5.09. The van der Waals surface area contributed by atoms with Gasteiger partial charge in [0.1, 0.15) is 0 Å². The summed E-state index contributed by atoms with van der Waals surface area (Å²) in [6, 6.07) is 8.18.